The molecule has 0 saturated heterocycles. The largest absolute Gasteiger partial charge is 0.478 e. The summed E-state index contributed by atoms with van der Waals surface area (Å²) in [5, 5.41) is 9.72. The first-order chi connectivity index (χ1) is 7.91. The van der Waals surface area contributed by atoms with E-state index in [-0.39, 0.29) is 11.3 Å². The van der Waals surface area contributed by atoms with E-state index in [1.54, 1.807) is 18.3 Å². The molecule has 0 radical (unpaired) electrons. The molecule has 2 rings (SSSR count). The number of Topliss-reactive ketones (excluding diaryl/α,β-unsaturated/α-hetero) is 1. The van der Waals surface area contributed by atoms with Gasteiger partial charge in [-0.1, -0.05) is 0 Å². The molecule has 0 saturated carbocycles. The topological polar surface area (TPSA) is 59.3 Å². The molecule has 0 aliphatic rings. The number of hydrogen-bond acceptors (Lipinski definition) is 2. The summed E-state index contributed by atoms with van der Waals surface area (Å²) in [5.41, 5.74) is 2.53. The van der Waals surface area contributed by atoms with E-state index in [1.807, 2.05) is 18.5 Å². The van der Waals surface area contributed by atoms with Gasteiger partial charge in [0, 0.05) is 24.2 Å². The Balaban J connectivity index is 2.89. The molecule has 1 heterocycles. The quantitative estimate of drug-likeness (QED) is 0.807. The monoisotopic (exact) mass is 231 g/mol. The van der Waals surface area contributed by atoms with Crippen LogP contribution in [-0.4, -0.2) is 21.4 Å². The van der Waals surface area contributed by atoms with Gasteiger partial charge in [-0.25, -0.2) is 4.79 Å². The first kappa shape index (κ1) is 11.4. The molecule has 2 aromatic rings. The highest BCUT2D eigenvalue weighted by Gasteiger charge is 2.15. The van der Waals surface area contributed by atoms with Gasteiger partial charge in [-0.15, -0.1) is 0 Å². The lowest BCUT2D eigenvalue weighted by Crippen LogP contribution is -1.98. The van der Waals surface area contributed by atoms with Crippen LogP contribution in [0.3, 0.4) is 0 Å². The number of ketones is 1. The predicted octanol–water partition coefficient (Wildman–Crippen LogP) is 2.39. The molecular formula is C13H13NO3. The van der Waals surface area contributed by atoms with Crippen LogP contribution in [0.25, 0.3) is 10.9 Å². The molecule has 1 aromatic carbocycles. The number of aromatic carboxylic acids is 1. The molecule has 1 aromatic heterocycles. The number of aryl methyl sites for hydroxylation is 2. The number of benzene rings is 1. The smallest absolute Gasteiger partial charge is 0.335 e. The third kappa shape index (κ3) is 1.71. The molecule has 0 spiro atoms. The summed E-state index contributed by atoms with van der Waals surface area (Å²) >= 11 is 0. The number of hydrogen-bond donors (Lipinski definition) is 1. The van der Waals surface area contributed by atoms with Gasteiger partial charge in [0.1, 0.15) is 0 Å². The van der Waals surface area contributed by atoms with Crippen molar-refractivity contribution < 1.29 is 14.7 Å². The Morgan fingerprint density at radius 2 is 1.94 bits per heavy atom. The third-order valence-corrected chi connectivity index (χ3v) is 2.89. The van der Waals surface area contributed by atoms with E-state index < -0.39 is 5.97 Å². The highest BCUT2D eigenvalue weighted by molar-refractivity contribution is 6.09. The van der Waals surface area contributed by atoms with Crippen molar-refractivity contribution in [3.05, 3.63) is 35.0 Å². The number of aromatic nitrogens is 1. The maximum atomic E-state index is 11.5. The molecule has 0 amide bonds. The molecule has 0 aliphatic carbocycles. The van der Waals surface area contributed by atoms with E-state index in [0.717, 1.165) is 11.1 Å². The standard InChI is InChI=1S/C13H13NO3/c1-7-4-9(13(16)17)5-10-11(8(2)15)6-14(3)12(7)10/h4-6H,1-3H3,(H,16,17). The lowest BCUT2D eigenvalue weighted by molar-refractivity contribution is 0.0696. The molecule has 4 heteroatoms. The van der Waals surface area contributed by atoms with Crippen LogP contribution < -0.4 is 0 Å². The second-order valence-corrected chi connectivity index (χ2v) is 4.20. The summed E-state index contributed by atoms with van der Waals surface area (Å²) in [4.78, 5) is 22.5. The summed E-state index contributed by atoms with van der Waals surface area (Å²) in [6.45, 7) is 3.33. The lowest BCUT2D eigenvalue weighted by atomic mass is 10.0. The molecule has 17 heavy (non-hydrogen) atoms. The van der Waals surface area contributed by atoms with Gasteiger partial charge in [-0.2, -0.15) is 0 Å². The first-order valence-electron chi connectivity index (χ1n) is 5.25. The summed E-state index contributed by atoms with van der Waals surface area (Å²) in [6, 6.07) is 3.18. The second kappa shape index (κ2) is 3.73. The van der Waals surface area contributed by atoms with Gasteiger partial charge in [0.25, 0.3) is 0 Å². The molecule has 0 bridgehead atoms. The number of carboxylic acid groups (broad SMARTS) is 1. The average molecular weight is 231 g/mol. The molecular weight excluding hydrogens is 218 g/mol. The van der Waals surface area contributed by atoms with Gasteiger partial charge >= 0.3 is 5.97 Å². The lowest BCUT2D eigenvalue weighted by Gasteiger charge is -2.03. The van der Waals surface area contributed by atoms with Crippen molar-refractivity contribution in [1.82, 2.24) is 4.57 Å². The van der Waals surface area contributed by atoms with Crippen LogP contribution >= 0.6 is 0 Å². The number of fused-ring (bicyclic) bond motifs is 1. The van der Waals surface area contributed by atoms with Crippen molar-refractivity contribution in [2.75, 3.05) is 0 Å². The van der Waals surface area contributed by atoms with Crippen molar-refractivity contribution in [3.63, 3.8) is 0 Å². The van der Waals surface area contributed by atoms with E-state index >= 15 is 0 Å². The summed E-state index contributed by atoms with van der Waals surface area (Å²) in [7, 11) is 1.85. The fourth-order valence-electron chi connectivity index (χ4n) is 2.18. The summed E-state index contributed by atoms with van der Waals surface area (Å²) in [5.74, 6) is -1.04. The second-order valence-electron chi connectivity index (χ2n) is 4.20. The SMILES string of the molecule is CC(=O)c1cn(C)c2c(C)cc(C(=O)O)cc12. The van der Waals surface area contributed by atoms with Crippen molar-refractivity contribution in [2.24, 2.45) is 7.05 Å². The predicted molar refractivity (Wildman–Crippen MR) is 64.6 cm³/mol. The molecule has 0 atom stereocenters. The highest BCUT2D eigenvalue weighted by atomic mass is 16.4. The van der Waals surface area contributed by atoms with Crippen LogP contribution in [-0.2, 0) is 7.05 Å². The number of carbonyl (C=O) groups is 2. The van der Waals surface area contributed by atoms with E-state index in [1.165, 1.54) is 6.92 Å². The van der Waals surface area contributed by atoms with Gasteiger partial charge in [0.2, 0.25) is 0 Å². The maximum Gasteiger partial charge on any atom is 0.335 e. The average Bonchev–Trinajstić information content (AvgIpc) is 2.56. The maximum absolute atomic E-state index is 11.5. The number of carboxylic acids is 1. The van der Waals surface area contributed by atoms with Gasteiger partial charge in [0.05, 0.1) is 11.1 Å². The van der Waals surface area contributed by atoms with Crippen LogP contribution in [0.15, 0.2) is 18.3 Å². The Morgan fingerprint density at radius 1 is 1.29 bits per heavy atom. The zero-order chi connectivity index (χ0) is 12.7. The van der Waals surface area contributed by atoms with Crippen molar-refractivity contribution >= 4 is 22.7 Å². The molecule has 0 fully saturated rings. The zero-order valence-electron chi connectivity index (χ0n) is 9.94. The summed E-state index contributed by atoms with van der Waals surface area (Å²) in [6.07, 6.45) is 1.74. The Hall–Kier alpha value is -2.10. The van der Waals surface area contributed by atoms with Crippen LogP contribution in [0.4, 0.5) is 0 Å². The minimum atomic E-state index is -0.978. The number of carbonyl (C=O) groups excluding carboxylic acids is 1. The van der Waals surface area contributed by atoms with E-state index in [9.17, 15) is 9.59 Å². The highest BCUT2D eigenvalue weighted by Crippen LogP contribution is 2.26. The molecule has 88 valence electrons. The van der Waals surface area contributed by atoms with E-state index in [4.69, 9.17) is 5.11 Å². The van der Waals surface area contributed by atoms with E-state index in [2.05, 4.69) is 0 Å². The normalized spacial score (nSPS) is 10.8. The molecule has 4 nitrogen and oxygen atoms in total. The zero-order valence-corrected chi connectivity index (χ0v) is 9.94. The van der Waals surface area contributed by atoms with Crippen LogP contribution in [0.5, 0.6) is 0 Å². The third-order valence-electron chi connectivity index (χ3n) is 2.89. The summed E-state index contributed by atoms with van der Waals surface area (Å²) < 4.78 is 1.85. The van der Waals surface area contributed by atoms with Gasteiger partial charge in [-0.05, 0) is 31.5 Å². The fraction of sp³-hybridized carbons (Fsp3) is 0.231. The minimum absolute atomic E-state index is 0.0578. The van der Waals surface area contributed by atoms with Gasteiger partial charge in [0.15, 0.2) is 5.78 Å². The minimum Gasteiger partial charge on any atom is -0.478 e. The Morgan fingerprint density at radius 3 is 2.47 bits per heavy atom. The molecule has 0 unspecified atom stereocenters. The Kier molecular flexibility index (Phi) is 2.50. The Labute approximate surface area is 98.5 Å². The molecule has 0 aliphatic heterocycles. The van der Waals surface area contributed by atoms with Gasteiger partial charge in [-0.3, -0.25) is 4.79 Å². The fourth-order valence-corrected chi connectivity index (χ4v) is 2.18. The number of rotatable bonds is 2. The first-order valence-corrected chi connectivity index (χ1v) is 5.25. The van der Waals surface area contributed by atoms with Crippen molar-refractivity contribution in [1.29, 1.82) is 0 Å². The van der Waals surface area contributed by atoms with E-state index in [0.29, 0.717) is 10.9 Å². The van der Waals surface area contributed by atoms with Crippen LogP contribution in [0.1, 0.15) is 33.2 Å². The van der Waals surface area contributed by atoms with Crippen molar-refractivity contribution in [2.45, 2.75) is 13.8 Å². The number of nitrogens with zero attached hydrogens (tertiary/aromatic N) is 1. The van der Waals surface area contributed by atoms with Gasteiger partial charge < -0.3 is 9.67 Å². The Bertz CT molecular complexity index is 638. The van der Waals surface area contributed by atoms with Crippen LogP contribution in [0.2, 0.25) is 0 Å². The molecule has 1 N–H and O–H groups in total. The van der Waals surface area contributed by atoms with Crippen molar-refractivity contribution in [3.8, 4) is 0 Å². The van der Waals surface area contributed by atoms with Crippen LogP contribution in [0, 0.1) is 6.92 Å².